The molecular weight excluding hydrogens is 280 g/mol. The molecule has 1 heterocycles. The van der Waals surface area contributed by atoms with E-state index in [9.17, 15) is 9.90 Å². The summed E-state index contributed by atoms with van der Waals surface area (Å²) in [6.07, 6.45) is 6.29. The molecule has 0 spiro atoms. The second kappa shape index (κ2) is 7.64. The predicted octanol–water partition coefficient (Wildman–Crippen LogP) is 2.43. The highest BCUT2D eigenvalue weighted by Crippen LogP contribution is 2.34. The summed E-state index contributed by atoms with van der Waals surface area (Å²) < 4.78 is 5.73. The molecule has 0 aromatic heterocycles. The zero-order valence-corrected chi connectivity index (χ0v) is 14.2. The molecule has 5 nitrogen and oxygen atoms in total. The number of hydrogen-bond donors (Lipinski definition) is 3. The van der Waals surface area contributed by atoms with Crippen LogP contribution in [0.5, 0.6) is 0 Å². The van der Waals surface area contributed by atoms with Gasteiger partial charge in [0.05, 0.1) is 11.7 Å². The van der Waals surface area contributed by atoms with E-state index < -0.39 is 5.60 Å². The number of hydrogen-bond acceptors (Lipinski definition) is 3. The van der Waals surface area contributed by atoms with Crippen LogP contribution in [0.25, 0.3) is 0 Å². The molecule has 1 saturated heterocycles. The fourth-order valence-electron chi connectivity index (χ4n) is 3.53. The Balaban J connectivity index is 1.73. The van der Waals surface area contributed by atoms with Gasteiger partial charge in [-0.25, -0.2) is 4.79 Å². The van der Waals surface area contributed by atoms with Crippen LogP contribution in [0.3, 0.4) is 0 Å². The van der Waals surface area contributed by atoms with Crippen molar-refractivity contribution in [3.8, 4) is 0 Å². The van der Waals surface area contributed by atoms with Crippen molar-refractivity contribution < 1.29 is 14.6 Å². The number of fused-ring (bicyclic) bond motifs is 1. The summed E-state index contributed by atoms with van der Waals surface area (Å²) in [5.41, 5.74) is -0.840. The Labute approximate surface area is 134 Å². The maximum atomic E-state index is 12.1. The number of nitrogens with one attached hydrogen (secondary N) is 2. The molecule has 4 unspecified atom stereocenters. The van der Waals surface area contributed by atoms with Gasteiger partial charge in [-0.1, -0.05) is 13.8 Å². The van der Waals surface area contributed by atoms with E-state index in [0.29, 0.717) is 30.9 Å². The molecule has 2 aliphatic rings. The Morgan fingerprint density at radius 3 is 2.86 bits per heavy atom. The van der Waals surface area contributed by atoms with E-state index in [-0.39, 0.29) is 12.1 Å². The number of urea groups is 1. The molecule has 2 fully saturated rings. The molecule has 22 heavy (non-hydrogen) atoms. The smallest absolute Gasteiger partial charge is 0.315 e. The third-order valence-corrected chi connectivity index (χ3v) is 4.99. The lowest BCUT2D eigenvalue weighted by atomic mass is 9.82. The Hall–Kier alpha value is -0.810. The highest BCUT2D eigenvalue weighted by molar-refractivity contribution is 5.74. The third-order valence-electron chi connectivity index (χ3n) is 4.99. The van der Waals surface area contributed by atoms with Crippen molar-refractivity contribution in [1.82, 2.24) is 10.6 Å². The fourth-order valence-corrected chi connectivity index (χ4v) is 3.53. The quantitative estimate of drug-likeness (QED) is 0.705. The molecule has 3 N–H and O–H groups in total. The minimum Gasteiger partial charge on any atom is -0.388 e. The molecular formula is C17H32N2O3. The van der Waals surface area contributed by atoms with Gasteiger partial charge in [0, 0.05) is 25.1 Å². The second-order valence-corrected chi connectivity index (χ2v) is 7.66. The van der Waals surface area contributed by atoms with Gasteiger partial charge in [0.1, 0.15) is 0 Å². The summed E-state index contributed by atoms with van der Waals surface area (Å²) in [4.78, 5) is 12.1. The molecule has 128 valence electrons. The minimum atomic E-state index is -0.840. The predicted molar refractivity (Wildman–Crippen MR) is 86.7 cm³/mol. The molecule has 0 aromatic carbocycles. The maximum absolute atomic E-state index is 12.1. The number of amides is 2. The fraction of sp³-hybridized carbons (Fsp3) is 0.941. The number of rotatable bonds is 6. The van der Waals surface area contributed by atoms with Crippen molar-refractivity contribution in [2.75, 3.05) is 13.2 Å². The normalized spacial score (nSPS) is 30.7. The lowest BCUT2D eigenvalue weighted by Gasteiger charge is -2.33. The average Bonchev–Trinajstić information content (AvgIpc) is 2.93. The zero-order valence-electron chi connectivity index (χ0n) is 14.2. The highest BCUT2D eigenvalue weighted by atomic mass is 16.5. The van der Waals surface area contributed by atoms with Gasteiger partial charge in [-0.15, -0.1) is 0 Å². The van der Waals surface area contributed by atoms with E-state index >= 15 is 0 Å². The van der Waals surface area contributed by atoms with E-state index in [4.69, 9.17) is 4.74 Å². The Bertz CT molecular complexity index is 371. The highest BCUT2D eigenvalue weighted by Gasteiger charge is 2.38. The summed E-state index contributed by atoms with van der Waals surface area (Å²) in [5.74, 6) is 1.02. The molecule has 5 heteroatoms. The largest absolute Gasteiger partial charge is 0.388 e. The van der Waals surface area contributed by atoms with Crippen LogP contribution in [0.2, 0.25) is 0 Å². The molecule has 1 aliphatic heterocycles. The van der Waals surface area contributed by atoms with Crippen LogP contribution in [0, 0.1) is 11.8 Å². The molecule has 2 amide bonds. The lowest BCUT2D eigenvalue weighted by Crippen LogP contribution is -2.51. The molecule has 1 saturated carbocycles. The van der Waals surface area contributed by atoms with Crippen LogP contribution in [-0.2, 0) is 4.74 Å². The van der Waals surface area contributed by atoms with Crippen molar-refractivity contribution in [3.63, 3.8) is 0 Å². The second-order valence-electron chi connectivity index (χ2n) is 7.66. The zero-order chi connectivity index (χ0) is 16.2. The Morgan fingerprint density at radius 2 is 2.14 bits per heavy atom. The van der Waals surface area contributed by atoms with Crippen molar-refractivity contribution in [2.24, 2.45) is 11.8 Å². The summed E-state index contributed by atoms with van der Waals surface area (Å²) in [6, 6.07) is 0.0456. The summed E-state index contributed by atoms with van der Waals surface area (Å²) >= 11 is 0. The van der Waals surface area contributed by atoms with Crippen molar-refractivity contribution >= 4 is 6.03 Å². The van der Waals surface area contributed by atoms with Gasteiger partial charge < -0.3 is 20.5 Å². The van der Waals surface area contributed by atoms with E-state index in [2.05, 4.69) is 24.5 Å². The molecule has 1 aliphatic carbocycles. The standard InChI is InChI=1S/C17H32N2O3/c1-12(2)7-9-17(3,21)11-18-16(20)19-14-5-4-6-15-13(14)8-10-22-15/h12-15,21H,4-11H2,1-3H3,(H2,18,19,20). The van der Waals surface area contributed by atoms with Crippen LogP contribution >= 0.6 is 0 Å². The van der Waals surface area contributed by atoms with Gasteiger partial charge in [-0.3, -0.25) is 0 Å². The van der Waals surface area contributed by atoms with E-state index in [1.54, 1.807) is 6.92 Å². The topological polar surface area (TPSA) is 70.6 Å². The molecule has 0 aromatic rings. The van der Waals surface area contributed by atoms with Gasteiger partial charge in [0.2, 0.25) is 0 Å². The Kier molecular flexibility index (Phi) is 6.09. The maximum Gasteiger partial charge on any atom is 0.315 e. The summed E-state index contributed by atoms with van der Waals surface area (Å²) in [5, 5.41) is 16.2. The Morgan fingerprint density at radius 1 is 1.36 bits per heavy atom. The van der Waals surface area contributed by atoms with E-state index in [0.717, 1.165) is 38.7 Å². The number of ether oxygens (including phenoxy) is 1. The average molecular weight is 312 g/mol. The van der Waals surface area contributed by atoms with Crippen LogP contribution in [0.4, 0.5) is 4.79 Å². The van der Waals surface area contributed by atoms with Crippen LogP contribution in [0.1, 0.15) is 59.3 Å². The van der Waals surface area contributed by atoms with Crippen LogP contribution < -0.4 is 10.6 Å². The van der Waals surface area contributed by atoms with Crippen molar-refractivity contribution in [1.29, 1.82) is 0 Å². The molecule has 0 radical (unpaired) electrons. The van der Waals surface area contributed by atoms with Gasteiger partial charge in [-0.2, -0.15) is 0 Å². The SMILES string of the molecule is CC(C)CCC(C)(O)CNC(=O)NC1CCCC2OCCC12. The first-order valence-corrected chi connectivity index (χ1v) is 8.76. The summed E-state index contributed by atoms with van der Waals surface area (Å²) in [7, 11) is 0. The lowest BCUT2D eigenvalue weighted by molar-refractivity contribution is 0.0454. The monoisotopic (exact) mass is 312 g/mol. The molecule has 4 atom stereocenters. The van der Waals surface area contributed by atoms with E-state index in [1.165, 1.54) is 0 Å². The third kappa shape index (κ3) is 5.13. The number of carbonyl (C=O) groups excluding carboxylic acids is 1. The summed E-state index contributed by atoms with van der Waals surface area (Å²) in [6.45, 7) is 7.18. The van der Waals surface area contributed by atoms with Crippen molar-refractivity contribution in [3.05, 3.63) is 0 Å². The van der Waals surface area contributed by atoms with E-state index in [1.807, 2.05) is 0 Å². The van der Waals surface area contributed by atoms with Gasteiger partial charge in [-0.05, 0) is 51.4 Å². The number of aliphatic hydroxyl groups is 1. The van der Waals surface area contributed by atoms with Gasteiger partial charge in [0.15, 0.2) is 0 Å². The van der Waals surface area contributed by atoms with Gasteiger partial charge in [0.25, 0.3) is 0 Å². The molecule has 2 rings (SSSR count). The number of carbonyl (C=O) groups is 1. The minimum absolute atomic E-state index is 0.164. The van der Waals surface area contributed by atoms with Crippen LogP contribution in [0.15, 0.2) is 0 Å². The van der Waals surface area contributed by atoms with Crippen molar-refractivity contribution in [2.45, 2.75) is 77.0 Å². The first-order chi connectivity index (χ1) is 10.4. The molecule has 0 bridgehead atoms. The van der Waals surface area contributed by atoms with Crippen LogP contribution in [-0.4, -0.2) is 42.0 Å². The first-order valence-electron chi connectivity index (χ1n) is 8.76. The van der Waals surface area contributed by atoms with Gasteiger partial charge >= 0.3 is 6.03 Å². The first kappa shape index (κ1) is 17.5.